The van der Waals surface area contributed by atoms with Crippen LogP contribution >= 0.6 is 0 Å². The number of aromatic nitrogens is 1. The molecule has 0 radical (unpaired) electrons. The zero-order valence-corrected chi connectivity index (χ0v) is 10.7. The summed E-state index contributed by atoms with van der Waals surface area (Å²) < 4.78 is 28.3. The number of halogens is 2. The van der Waals surface area contributed by atoms with Crippen LogP contribution in [0.25, 0.3) is 0 Å². The minimum atomic E-state index is -2.88. The molecule has 0 fully saturated rings. The second-order valence-corrected chi connectivity index (χ2v) is 4.03. The number of nitrogens with two attached hydrogens (primary N) is 2. The Kier molecular flexibility index (Phi) is 4.17. The standard InChI is InChI=1S/C13H12F2N4O2/c14-13(15)21-8-3-1-7(2-4-8)18-12-9(16)5-6-10(19-12)11(17)20/h1-6,13H,16H2,(H2,17,20)(H,18,19). The molecular formula is C13H12F2N4O2. The van der Waals surface area contributed by atoms with Crippen LogP contribution in [0.15, 0.2) is 36.4 Å². The van der Waals surface area contributed by atoms with Gasteiger partial charge in [-0.15, -0.1) is 0 Å². The SMILES string of the molecule is NC(=O)c1ccc(N)c(Nc2ccc(OC(F)F)cc2)n1. The Morgan fingerprint density at radius 3 is 2.43 bits per heavy atom. The van der Waals surface area contributed by atoms with Crippen molar-refractivity contribution in [3.8, 4) is 5.75 Å². The van der Waals surface area contributed by atoms with Gasteiger partial charge in [0.2, 0.25) is 0 Å². The third-order valence-electron chi connectivity index (χ3n) is 2.52. The van der Waals surface area contributed by atoms with Gasteiger partial charge in [0.15, 0.2) is 5.82 Å². The van der Waals surface area contributed by atoms with Gasteiger partial charge in [-0.3, -0.25) is 4.79 Å². The molecule has 1 aromatic carbocycles. The monoisotopic (exact) mass is 294 g/mol. The van der Waals surface area contributed by atoms with E-state index in [1.54, 1.807) is 0 Å². The number of benzene rings is 1. The molecule has 8 heteroatoms. The minimum absolute atomic E-state index is 0.0300. The third-order valence-corrected chi connectivity index (χ3v) is 2.52. The average molecular weight is 294 g/mol. The molecule has 5 N–H and O–H groups in total. The zero-order valence-electron chi connectivity index (χ0n) is 10.7. The van der Waals surface area contributed by atoms with Crippen molar-refractivity contribution >= 4 is 23.1 Å². The number of nitrogen functional groups attached to an aromatic ring is 1. The lowest BCUT2D eigenvalue weighted by Gasteiger charge is -2.10. The molecule has 0 unspecified atom stereocenters. The highest BCUT2D eigenvalue weighted by atomic mass is 19.3. The van der Waals surface area contributed by atoms with Crippen molar-refractivity contribution in [3.05, 3.63) is 42.1 Å². The molecule has 6 nitrogen and oxygen atoms in total. The van der Waals surface area contributed by atoms with E-state index in [9.17, 15) is 13.6 Å². The highest BCUT2D eigenvalue weighted by molar-refractivity contribution is 5.92. The summed E-state index contributed by atoms with van der Waals surface area (Å²) in [6, 6.07) is 8.64. The predicted molar refractivity (Wildman–Crippen MR) is 73.5 cm³/mol. The number of pyridine rings is 1. The molecule has 0 spiro atoms. The van der Waals surface area contributed by atoms with Crippen molar-refractivity contribution in [2.75, 3.05) is 11.1 Å². The molecule has 21 heavy (non-hydrogen) atoms. The van der Waals surface area contributed by atoms with Crippen molar-refractivity contribution in [1.29, 1.82) is 0 Å². The largest absolute Gasteiger partial charge is 0.435 e. The molecule has 2 rings (SSSR count). The summed E-state index contributed by atoms with van der Waals surface area (Å²) in [4.78, 5) is 15.0. The third kappa shape index (κ3) is 3.78. The molecular weight excluding hydrogens is 282 g/mol. The van der Waals surface area contributed by atoms with Crippen LogP contribution in [0.4, 0.5) is 26.0 Å². The maximum Gasteiger partial charge on any atom is 0.387 e. The van der Waals surface area contributed by atoms with E-state index in [0.717, 1.165) is 0 Å². The van der Waals surface area contributed by atoms with E-state index < -0.39 is 12.5 Å². The van der Waals surface area contributed by atoms with Crippen LogP contribution in [-0.4, -0.2) is 17.5 Å². The summed E-state index contributed by atoms with van der Waals surface area (Å²) in [6.45, 7) is -2.88. The van der Waals surface area contributed by atoms with Crippen LogP contribution in [0, 0.1) is 0 Å². The van der Waals surface area contributed by atoms with Gasteiger partial charge in [0.05, 0.1) is 5.69 Å². The number of rotatable bonds is 5. The Balaban J connectivity index is 2.18. The van der Waals surface area contributed by atoms with Crippen molar-refractivity contribution in [3.63, 3.8) is 0 Å². The number of anilines is 3. The molecule has 110 valence electrons. The van der Waals surface area contributed by atoms with E-state index in [2.05, 4.69) is 15.0 Å². The summed E-state index contributed by atoms with van der Waals surface area (Å²) in [5.74, 6) is -0.407. The summed E-state index contributed by atoms with van der Waals surface area (Å²) in [5.41, 5.74) is 11.8. The van der Waals surface area contributed by atoms with Gasteiger partial charge in [-0.05, 0) is 36.4 Å². The first-order valence-electron chi connectivity index (χ1n) is 5.84. The van der Waals surface area contributed by atoms with E-state index in [0.29, 0.717) is 11.4 Å². The Labute approximate surface area is 118 Å². The summed E-state index contributed by atoms with van der Waals surface area (Å²) >= 11 is 0. The number of nitrogens with zero attached hydrogens (tertiary/aromatic N) is 1. The van der Waals surface area contributed by atoms with Gasteiger partial charge < -0.3 is 21.5 Å². The first kappa shape index (κ1) is 14.5. The number of carbonyl (C=O) groups excluding carboxylic acids is 1. The lowest BCUT2D eigenvalue weighted by atomic mass is 10.2. The van der Waals surface area contributed by atoms with Crippen LogP contribution in [0.3, 0.4) is 0 Å². The van der Waals surface area contributed by atoms with Crippen LogP contribution < -0.4 is 21.5 Å². The molecule has 0 aliphatic heterocycles. The van der Waals surface area contributed by atoms with Gasteiger partial charge in [0, 0.05) is 5.69 Å². The molecule has 2 aromatic rings. The van der Waals surface area contributed by atoms with Crippen LogP contribution in [-0.2, 0) is 0 Å². The van der Waals surface area contributed by atoms with Crippen molar-refractivity contribution in [2.45, 2.75) is 6.61 Å². The normalized spacial score (nSPS) is 10.4. The van der Waals surface area contributed by atoms with E-state index in [1.165, 1.54) is 36.4 Å². The fraction of sp³-hybridized carbons (Fsp3) is 0.0769. The van der Waals surface area contributed by atoms with Gasteiger partial charge in [-0.25, -0.2) is 4.98 Å². The summed E-state index contributed by atoms with van der Waals surface area (Å²) in [6.07, 6.45) is 0. The second kappa shape index (κ2) is 6.04. The number of primary amides is 1. The number of ether oxygens (including phenoxy) is 1. The van der Waals surface area contributed by atoms with Crippen LogP contribution in [0.2, 0.25) is 0 Å². The lowest BCUT2D eigenvalue weighted by molar-refractivity contribution is -0.0498. The molecule has 0 saturated heterocycles. The van der Waals surface area contributed by atoms with Gasteiger partial charge in [-0.2, -0.15) is 8.78 Å². The maximum atomic E-state index is 12.0. The Hall–Kier alpha value is -2.90. The first-order chi connectivity index (χ1) is 9.95. The molecule has 0 atom stereocenters. The van der Waals surface area contributed by atoms with Crippen molar-refractivity contribution in [1.82, 2.24) is 4.98 Å². The van der Waals surface area contributed by atoms with Gasteiger partial charge in [0.25, 0.3) is 5.91 Å². The zero-order chi connectivity index (χ0) is 15.4. The van der Waals surface area contributed by atoms with Gasteiger partial charge >= 0.3 is 6.61 Å². The fourth-order valence-electron chi connectivity index (χ4n) is 1.56. The number of hydrogen-bond acceptors (Lipinski definition) is 5. The molecule has 1 aromatic heterocycles. The molecule has 0 bridgehead atoms. The summed E-state index contributed by atoms with van der Waals surface area (Å²) in [5, 5.41) is 2.86. The molecule has 0 aliphatic rings. The quantitative estimate of drug-likeness (QED) is 0.783. The number of hydrogen-bond donors (Lipinski definition) is 3. The van der Waals surface area contributed by atoms with E-state index in [4.69, 9.17) is 11.5 Å². The van der Waals surface area contributed by atoms with Gasteiger partial charge in [-0.1, -0.05) is 0 Å². The van der Waals surface area contributed by atoms with Crippen molar-refractivity contribution < 1.29 is 18.3 Å². The second-order valence-electron chi connectivity index (χ2n) is 4.03. The van der Waals surface area contributed by atoms with E-state index in [-0.39, 0.29) is 17.3 Å². The van der Waals surface area contributed by atoms with Gasteiger partial charge in [0.1, 0.15) is 11.4 Å². The first-order valence-corrected chi connectivity index (χ1v) is 5.84. The molecule has 0 saturated carbocycles. The number of carbonyl (C=O) groups is 1. The number of amides is 1. The topological polar surface area (TPSA) is 103 Å². The van der Waals surface area contributed by atoms with E-state index in [1.807, 2.05) is 0 Å². The number of nitrogens with one attached hydrogen (secondary N) is 1. The Bertz CT molecular complexity index is 647. The van der Waals surface area contributed by atoms with E-state index >= 15 is 0 Å². The predicted octanol–water partition coefficient (Wildman–Crippen LogP) is 2.11. The smallest absolute Gasteiger partial charge is 0.387 e. The Morgan fingerprint density at radius 2 is 1.86 bits per heavy atom. The maximum absolute atomic E-state index is 12.0. The lowest BCUT2D eigenvalue weighted by Crippen LogP contribution is -2.14. The molecule has 1 amide bonds. The highest BCUT2D eigenvalue weighted by Crippen LogP contribution is 2.23. The number of alkyl halides is 2. The van der Waals surface area contributed by atoms with Crippen molar-refractivity contribution in [2.24, 2.45) is 5.73 Å². The minimum Gasteiger partial charge on any atom is -0.435 e. The highest BCUT2D eigenvalue weighted by Gasteiger charge is 2.08. The van der Waals surface area contributed by atoms with Crippen LogP contribution in [0.5, 0.6) is 5.75 Å². The average Bonchev–Trinajstić information content (AvgIpc) is 2.42. The fourth-order valence-corrected chi connectivity index (χ4v) is 1.56. The summed E-state index contributed by atoms with van der Waals surface area (Å²) in [7, 11) is 0. The molecule has 1 heterocycles. The molecule has 0 aliphatic carbocycles. The van der Waals surface area contributed by atoms with Crippen LogP contribution in [0.1, 0.15) is 10.5 Å². The Morgan fingerprint density at radius 1 is 1.19 bits per heavy atom.